The number of halogens is 1. The Bertz CT molecular complexity index is 599. The van der Waals surface area contributed by atoms with Crippen molar-refractivity contribution in [1.29, 1.82) is 0 Å². The molecule has 3 nitrogen and oxygen atoms in total. The first-order valence-corrected chi connectivity index (χ1v) is 7.89. The number of benzene rings is 1. The molecule has 1 aliphatic heterocycles. The van der Waals surface area contributed by atoms with Crippen molar-refractivity contribution in [2.24, 2.45) is 5.92 Å². The van der Waals surface area contributed by atoms with Crippen LogP contribution in [-0.4, -0.2) is 27.9 Å². The molecule has 0 radical (unpaired) electrons. The fourth-order valence-electron chi connectivity index (χ4n) is 2.86. The van der Waals surface area contributed by atoms with Gasteiger partial charge in [0.2, 0.25) is 0 Å². The Labute approximate surface area is 122 Å². The molecule has 100 valence electrons. The van der Waals surface area contributed by atoms with Crippen molar-refractivity contribution in [1.82, 2.24) is 9.97 Å². The predicted octanol–water partition coefficient (Wildman–Crippen LogP) is 3.55. The molecule has 1 fully saturated rings. The third-order valence-corrected chi connectivity index (χ3v) is 4.70. The molecule has 2 unspecified atom stereocenters. The van der Waals surface area contributed by atoms with E-state index in [0.29, 0.717) is 12.0 Å². The first-order valence-electron chi connectivity index (χ1n) is 6.76. The number of rotatable bonds is 2. The molecule has 0 N–H and O–H groups in total. The molecule has 0 bridgehead atoms. The Morgan fingerprint density at radius 3 is 2.63 bits per heavy atom. The van der Waals surface area contributed by atoms with Crippen molar-refractivity contribution < 1.29 is 0 Å². The summed E-state index contributed by atoms with van der Waals surface area (Å²) in [6, 6.07) is 8.61. The van der Waals surface area contributed by atoms with E-state index >= 15 is 0 Å². The van der Waals surface area contributed by atoms with Crippen LogP contribution in [0, 0.1) is 12.8 Å². The highest BCUT2D eigenvalue weighted by Gasteiger charge is 2.32. The van der Waals surface area contributed by atoms with Crippen LogP contribution in [0.4, 0.5) is 5.82 Å². The summed E-state index contributed by atoms with van der Waals surface area (Å²) < 4.78 is 0. The smallest absolute Gasteiger partial charge is 0.151 e. The van der Waals surface area contributed by atoms with Gasteiger partial charge in [-0.25, -0.2) is 9.97 Å². The van der Waals surface area contributed by atoms with Gasteiger partial charge in [0, 0.05) is 17.9 Å². The van der Waals surface area contributed by atoms with Gasteiger partial charge < -0.3 is 4.90 Å². The highest BCUT2D eigenvalue weighted by molar-refractivity contribution is 9.09. The van der Waals surface area contributed by atoms with Gasteiger partial charge in [-0.05, 0) is 31.4 Å². The topological polar surface area (TPSA) is 29.0 Å². The Hall–Kier alpha value is -1.16. The van der Waals surface area contributed by atoms with Crippen LogP contribution in [0.3, 0.4) is 0 Å². The standard InChI is InChI=1S/C15H18BrN3/c1-10-7-8-19(14(10)9-16)15-11(2)17-12-5-3-4-6-13(12)18-15/h3-6,10,14H,7-9H2,1-2H3. The molecule has 4 heteroatoms. The average Bonchev–Trinajstić information content (AvgIpc) is 2.78. The monoisotopic (exact) mass is 319 g/mol. The van der Waals surface area contributed by atoms with Crippen LogP contribution in [0.1, 0.15) is 19.0 Å². The molecule has 3 rings (SSSR count). The van der Waals surface area contributed by atoms with Gasteiger partial charge in [-0.2, -0.15) is 0 Å². The zero-order valence-corrected chi connectivity index (χ0v) is 12.9. The summed E-state index contributed by atoms with van der Waals surface area (Å²) in [6.45, 7) is 5.45. The minimum absolute atomic E-state index is 0.522. The molecule has 0 saturated carbocycles. The minimum atomic E-state index is 0.522. The second kappa shape index (κ2) is 5.08. The number of aryl methyl sites for hydroxylation is 1. The second-order valence-electron chi connectivity index (χ2n) is 5.30. The fourth-order valence-corrected chi connectivity index (χ4v) is 3.85. The van der Waals surface area contributed by atoms with E-state index in [9.17, 15) is 0 Å². The molecular weight excluding hydrogens is 302 g/mol. The Morgan fingerprint density at radius 1 is 1.26 bits per heavy atom. The predicted molar refractivity (Wildman–Crippen MR) is 83.0 cm³/mol. The number of anilines is 1. The van der Waals surface area contributed by atoms with E-state index in [-0.39, 0.29) is 0 Å². The largest absolute Gasteiger partial charge is 0.351 e. The van der Waals surface area contributed by atoms with Crippen molar-refractivity contribution in [2.75, 3.05) is 16.8 Å². The summed E-state index contributed by atoms with van der Waals surface area (Å²) in [4.78, 5) is 11.9. The van der Waals surface area contributed by atoms with Gasteiger partial charge in [-0.15, -0.1) is 0 Å². The van der Waals surface area contributed by atoms with E-state index in [4.69, 9.17) is 9.97 Å². The molecule has 0 aliphatic carbocycles. The summed E-state index contributed by atoms with van der Waals surface area (Å²) in [5, 5.41) is 0.988. The Kier molecular flexibility index (Phi) is 3.44. The van der Waals surface area contributed by atoms with Crippen LogP contribution in [-0.2, 0) is 0 Å². The first kappa shape index (κ1) is 12.9. The molecule has 1 saturated heterocycles. The molecule has 2 heterocycles. The lowest BCUT2D eigenvalue weighted by molar-refractivity contribution is 0.552. The van der Waals surface area contributed by atoms with Crippen LogP contribution < -0.4 is 4.90 Å². The number of hydrogen-bond donors (Lipinski definition) is 0. The molecule has 0 amide bonds. The number of alkyl halides is 1. The number of aromatic nitrogens is 2. The van der Waals surface area contributed by atoms with Gasteiger partial charge in [-0.3, -0.25) is 0 Å². The number of para-hydroxylation sites is 2. The second-order valence-corrected chi connectivity index (χ2v) is 5.95. The van der Waals surface area contributed by atoms with Crippen LogP contribution >= 0.6 is 15.9 Å². The number of nitrogens with zero attached hydrogens (tertiary/aromatic N) is 3. The minimum Gasteiger partial charge on any atom is -0.351 e. The lowest BCUT2D eigenvalue weighted by Gasteiger charge is -2.27. The summed E-state index contributed by atoms with van der Waals surface area (Å²) in [7, 11) is 0. The molecule has 2 atom stereocenters. The lowest BCUT2D eigenvalue weighted by atomic mass is 10.1. The quantitative estimate of drug-likeness (QED) is 0.793. The van der Waals surface area contributed by atoms with E-state index in [0.717, 1.165) is 34.4 Å². The zero-order chi connectivity index (χ0) is 13.4. The van der Waals surface area contributed by atoms with Crippen molar-refractivity contribution in [3.8, 4) is 0 Å². The highest BCUT2D eigenvalue weighted by Crippen LogP contribution is 2.31. The van der Waals surface area contributed by atoms with Crippen molar-refractivity contribution >= 4 is 32.8 Å². The van der Waals surface area contributed by atoms with Crippen LogP contribution in [0.25, 0.3) is 11.0 Å². The van der Waals surface area contributed by atoms with Gasteiger partial charge in [0.15, 0.2) is 5.82 Å². The number of fused-ring (bicyclic) bond motifs is 1. The van der Waals surface area contributed by atoms with Crippen molar-refractivity contribution in [2.45, 2.75) is 26.3 Å². The van der Waals surface area contributed by atoms with Gasteiger partial charge in [0.1, 0.15) is 0 Å². The van der Waals surface area contributed by atoms with E-state index < -0.39 is 0 Å². The van der Waals surface area contributed by atoms with Gasteiger partial charge >= 0.3 is 0 Å². The average molecular weight is 320 g/mol. The summed E-state index contributed by atoms with van der Waals surface area (Å²) in [5.41, 5.74) is 2.99. The Balaban J connectivity index is 2.07. The van der Waals surface area contributed by atoms with E-state index in [2.05, 4.69) is 34.7 Å². The van der Waals surface area contributed by atoms with Crippen LogP contribution in [0.15, 0.2) is 24.3 Å². The molecule has 19 heavy (non-hydrogen) atoms. The summed E-state index contributed by atoms with van der Waals surface area (Å²) in [6.07, 6.45) is 1.23. The normalized spacial score (nSPS) is 23.2. The maximum Gasteiger partial charge on any atom is 0.151 e. The first-order chi connectivity index (χ1) is 9.20. The van der Waals surface area contributed by atoms with Crippen LogP contribution in [0.2, 0.25) is 0 Å². The summed E-state index contributed by atoms with van der Waals surface area (Å²) >= 11 is 3.64. The SMILES string of the molecule is Cc1nc2ccccc2nc1N1CCC(C)C1CBr. The van der Waals surface area contributed by atoms with E-state index in [1.54, 1.807) is 0 Å². The summed E-state index contributed by atoms with van der Waals surface area (Å²) in [5.74, 6) is 1.75. The van der Waals surface area contributed by atoms with Gasteiger partial charge in [-0.1, -0.05) is 35.0 Å². The molecular formula is C15H18BrN3. The number of hydrogen-bond acceptors (Lipinski definition) is 3. The molecule has 0 spiro atoms. The van der Waals surface area contributed by atoms with Gasteiger partial charge in [0.05, 0.1) is 16.7 Å². The lowest BCUT2D eigenvalue weighted by Crippen LogP contribution is -2.34. The highest BCUT2D eigenvalue weighted by atomic mass is 79.9. The van der Waals surface area contributed by atoms with Crippen LogP contribution in [0.5, 0.6) is 0 Å². The molecule has 2 aromatic rings. The van der Waals surface area contributed by atoms with Gasteiger partial charge in [0.25, 0.3) is 0 Å². The zero-order valence-electron chi connectivity index (χ0n) is 11.3. The van der Waals surface area contributed by atoms with Crippen molar-refractivity contribution in [3.05, 3.63) is 30.0 Å². The van der Waals surface area contributed by atoms with E-state index in [1.165, 1.54) is 6.42 Å². The molecule has 1 aliphatic rings. The molecule has 1 aromatic heterocycles. The maximum absolute atomic E-state index is 4.83. The fraction of sp³-hybridized carbons (Fsp3) is 0.467. The third-order valence-electron chi connectivity index (χ3n) is 4.03. The molecule has 1 aromatic carbocycles. The Morgan fingerprint density at radius 2 is 1.95 bits per heavy atom. The van der Waals surface area contributed by atoms with Crippen molar-refractivity contribution in [3.63, 3.8) is 0 Å². The maximum atomic E-state index is 4.83. The van der Waals surface area contributed by atoms with E-state index in [1.807, 2.05) is 24.3 Å². The third kappa shape index (κ3) is 2.22.